The van der Waals surface area contributed by atoms with Gasteiger partial charge in [0.2, 0.25) is 0 Å². The van der Waals surface area contributed by atoms with Crippen LogP contribution in [0.15, 0.2) is 218 Å². The highest BCUT2D eigenvalue weighted by Crippen LogP contribution is 2.49. The zero-order valence-electron chi connectivity index (χ0n) is 30.7. The lowest BCUT2D eigenvalue weighted by molar-refractivity contribution is 1.19. The molecule has 56 heavy (non-hydrogen) atoms. The van der Waals surface area contributed by atoms with Crippen molar-refractivity contribution in [2.24, 2.45) is 0 Å². The molecule has 0 unspecified atom stereocenters. The van der Waals surface area contributed by atoms with Crippen LogP contribution in [0.1, 0.15) is 0 Å². The molecule has 0 bridgehead atoms. The van der Waals surface area contributed by atoms with Crippen LogP contribution in [-0.4, -0.2) is 4.57 Å². The third-order valence-electron chi connectivity index (χ3n) is 11.3. The molecule has 11 rings (SSSR count). The molecule has 0 aliphatic heterocycles. The maximum Gasteiger partial charge on any atom is 0.0640 e. The van der Waals surface area contributed by atoms with Gasteiger partial charge in [-0.2, -0.15) is 0 Å². The van der Waals surface area contributed by atoms with Gasteiger partial charge in [0.25, 0.3) is 0 Å². The predicted molar refractivity (Wildman–Crippen MR) is 239 cm³/mol. The average molecular weight is 713 g/mol. The first-order valence-corrected chi connectivity index (χ1v) is 19.3. The number of benzene rings is 10. The summed E-state index contributed by atoms with van der Waals surface area (Å²) >= 11 is 0. The lowest BCUT2D eigenvalue weighted by Gasteiger charge is -2.27. The second-order valence-electron chi connectivity index (χ2n) is 14.5. The molecule has 0 spiro atoms. The number of para-hydroxylation sites is 3. The van der Waals surface area contributed by atoms with Gasteiger partial charge in [0, 0.05) is 38.8 Å². The molecule has 0 radical (unpaired) electrons. The fraction of sp³-hybridized carbons (Fsp3) is 0. The van der Waals surface area contributed by atoms with Crippen molar-refractivity contribution >= 4 is 71.2 Å². The molecular weight excluding hydrogens is 677 g/mol. The molecule has 0 saturated heterocycles. The van der Waals surface area contributed by atoms with Crippen LogP contribution in [0.5, 0.6) is 0 Å². The normalized spacial score (nSPS) is 11.6. The van der Waals surface area contributed by atoms with Crippen molar-refractivity contribution in [2.75, 3.05) is 4.90 Å². The summed E-state index contributed by atoms with van der Waals surface area (Å²) in [6, 6.07) is 79.4. The third kappa shape index (κ3) is 5.11. The van der Waals surface area contributed by atoms with E-state index in [1.54, 1.807) is 0 Å². The zero-order chi connectivity index (χ0) is 37.0. The number of fused-ring (bicyclic) bond motifs is 8. The molecule has 0 N–H and O–H groups in total. The Morgan fingerprint density at radius 2 is 0.857 bits per heavy atom. The van der Waals surface area contributed by atoms with Crippen LogP contribution in [0.4, 0.5) is 17.1 Å². The minimum atomic E-state index is 1.10. The van der Waals surface area contributed by atoms with Crippen molar-refractivity contribution in [3.05, 3.63) is 218 Å². The lowest BCUT2D eigenvalue weighted by atomic mass is 9.93. The number of hydrogen-bond acceptors (Lipinski definition) is 1. The first-order chi connectivity index (χ1) is 27.8. The highest BCUT2D eigenvalue weighted by Gasteiger charge is 2.25. The van der Waals surface area contributed by atoms with E-state index in [4.69, 9.17) is 0 Å². The summed E-state index contributed by atoms with van der Waals surface area (Å²) in [5.41, 5.74) is 11.7. The van der Waals surface area contributed by atoms with Crippen LogP contribution in [-0.2, 0) is 0 Å². The Morgan fingerprint density at radius 3 is 1.59 bits per heavy atom. The summed E-state index contributed by atoms with van der Waals surface area (Å²) in [5.74, 6) is 0. The standard InChI is InChI=1S/C54H36N2/c1-4-17-37(18-5-1)45-29-16-30-49-52-51(36-40-20-11-13-26-46(40)54(52)56(53(45)49)42-23-8-3-9-24-42)55(41-21-6-2-7-22-41)43-33-31-38(32-34-43)50-35-39-19-10-12-25-44(39)47-27-14-15-28-48(47)50/h1-36H. The van der Waals surface area contributed by atoms with Crippen molar-refractivity contribution in [3.8, 4) is 27.9 Å². The SMILES string of the molecule is c1ccc(-c2cccc3c4c(N(c5ccccc5)c5ccc(-c6cc7ccccc7c7ccccc67)cc5)cc5ccccc5c4n(-c4ccccc4)c23)cc1. The molecule has 1 heterocycles. The van der Waals surface area contributed by atoms with Crippen LogP contribution in [0, 0.1) is 0 Å². The summed E-state index contributed by atoms with van der Waals surface area (Å²) in [6.07, 6.45) is 0. The van der Waals surface area contributed by atoms with E-state index in [1.165, 1.54) is 76.4 Å². The van der Waals surface area contributed by atoms with Crippen LogP contribution in [0.25, 0.3) is 82.1 Å². The van der Waals surface area contributed by atoms with Gasteiger partial charge < -0.3 is 9.47 Å². The minimum Gasteiger partial charge on any atom is -0.310 e. The van der Waals surface area contributed by atoms with Gasteiger partial charge >= 0.3 is 0 Å². The summed E-state index contributed by atoms with van der Waals surface area (Å²) in [4.78, 5) is 2.45. The van der Waals surface area contributed by atoms with Crippen LogP contribution >= 0.6 is 0 Å². The Kier molecular flexibility index (Phi) is 7.53. The number of aromatic nitrogens is 1. The number of rotatable bonds is 6. The van der Waals surface area contributed by atoms with Gasteiger partial charge in [-0.3, -0.25) is 0 Å². The molecule has 0 aliphatic carbocycles. The van der Waals surface area contributed by atoms with Gasteiger partial charge in [0.15, 0.2) is 0 Å². The van der Waals surface area contributed by atoms with Crippen LogP contribution in [0.2, 0.25) is 0 Å². The highest BCUT2D eigenvalue weighted by molar-refractivity contribution is 6.26. The molecule has 0 atom stereocenters. The number of anilines is 3. The number of nitrogens with zero attached hydrogens (tertiary/aromatic N) is 2. The van der Waals surface area contributed by atoms with E-state index < -0.39 is 0 Å². The summed E-state index contributed by atoms with van der Waals surface area (Å²) in [7, 11) is 0. The highest BCUT2D eigenvalue weighted by atomic mass is 15.1. The molecule has 2 nitrogen and oxygen atoms in total. The van der Waals surface area contributed by atoms with Gasteiger partial charge in [-0.1, -0.05) is 170 Å². The molecule has 0 amide bonds. The van der Waals surface area contributed by atoms with Crippen LogP contribution < -0.4 is 4.90 Å². The molecule has 262 valence electrons. The van der Waals surface area contributed by atoms with E-state index in [-0.39, 0.29) is 0 Å². The molecule has 0 aliphatic rings. The van der Waals surface area contributed by atoms with Crippen molar-refractivity contribution in [1.29, 1.82) is 0 Å². The molecule has 2 heteroatoms. The van der Waals surface area contributed by atoms with E-state index in [9.17, 15) is 0 Å². The van der Waals surface area contributed by atoms with Crippen molar-refractivity contribution in [3.63, 3.8) is 0 Å². The van der Waals surface area contributed by atoms with Gasteiger partial charge in [-0.05, 0) is 92.2 Å². The zero-order valence-corrected chi connectivity index (χ0v) is 30.7. The Balaban J connectivity index is 1.21. The topological polar surface area (TPSA) is 8.17 Å². The second-order valence-corrected chi connectivity index (χ2v) is 14.5. The van der Waals surface area contributed by atoms with E-state index in [2.05, 4.69) is 228 Å². The molecule has 0 fully saturated rings. The van der Waals surface area contributed by atoms with Gasteiger partial charge in [-0.25, -0.2) is 0 Å². The predicted octanol–water partition coefficient (Wildman–Crippen LogP) is 15.0. The summed E-state index contributed by atoms with van der Waals surface area (Å²) < 4.78 is 2.50. The average Bonchev–Trinajstić information content (AvgIpc) is 3.64. The molecule has 0 saturated carbocycles. The largest absolute Gasteiger partial charge is 0.310 e. The van der Waals surface area contributed by atoms with E-state index in [0.717, 1.165) is 22.7 Å². The van der Waals surface area contributed by atoms with Gasteiger partial charge in [0.05, 0.1) is 16.7 Å². The smallest absolute Gasteiger partial charge is 0.0640 e. The fourth-order valence-corrected chi connectivity index (χ4v) is 8.86. The molecule has 10 aromatic carbocycles. The van der Waals surface area contributed by atoms with Crippen molar-refractivity contribution < 1.29 is 0 Å². The van der Waals surface area contributed by atoms with Crippen molar-refractivity contribution in [1.82, 2.24) is 4.57 Å². The molecule has 1 aromatic heterocycles. The Bertz CT molecular complexity index is 3220. The monoisotopic (exact) mass is 712 g/mol. The van der Waals surface area contributed by atoms with Crippen LogP contribution in [0.3, 0.4) is 0 Å². The Labute approximate surface area is 325 Å². The summed E-state index contributed by atoms with van der Waals surface area (Å²) in [5, 5.41) is 9.91. The second kappa shape index (κ2) is 13.2. The first-order valence-electron chi connectivity index (χ1n) is 19.3. The Morgan fingerprint density at radius 1 is 0.321 bits per heavy atom. The maximum atomic E-state index is 2.50. The molecule has 11 aromatic rings. The quantitative estimate of drug-likeness (QED) is 0.156. The number of hydrogen-bond donors (Lipinski definition) is 0. The van der Waals surface area contributed by atoms with E-state index >= 15 is 0 Å². The fourth-order valence-electron chi connectivity index (χ4n) is 8.86. The third-order valence-corrected chi connectivity index (χ3v) is 11.3. The van der Waals surface area contributed by atoms with Crippen molar-refractivity contribution in [2.45, 2.75) is 0 Å². The van der Waals surface area contributed by atoms with E-state index in [0.29, 0.717) is 0 Å². The maximum absolute atomic E-state index is 2.50. The lowest BCUT2D eigenvalue weighted by Crippen LogP contribution is -2.10. The Hall–Kier alpha value is -7.42. The summed E-state index contributed by atoms with van der Waals surface area (Å²) in [6.45, 7) is 0. The molecular formula is C54H36N2. The first kappa shape index (κ1) is 32.0. The van der Waals surface area contributed by atoms with Gasteiger partial charge in [-0.15, -0.1) is 0 Å². The minimum absolute atomic E-state index is 1.10. The van der Waals surface area contributed by atoms with Gasteiger partial charge in [0.1, 0.15) is 0 Å². The van der Waals surface area contributed by atoms with E-state index in [1.807, 2.05) is 0 Å².